The van der Waals surface area contributed by atoms with Crippen LogP contribution in [0.25, 0.3) is 0 Å². The maximum absolute atomic E-state index is 11.8. The van der Waals surface area contributed by atoms with Crippen LogP contribution >= 0.6 is 0 Å². The van der Waals surface area contributed by atoms with Crippen LogP contribution in [0.15, 0.2) is 0 Å². The number of hydrogen-bond acceptors (Lipinski definition) is 1. The van der Waals surface area contributed by atoms with Crippen molar-refractivity contribution in [3.05, 3.63) is 0 Å². The van der Waals surface area contributed by atoms with Gasteiger partial charge in [-0.05, 0) is 49.9 Å². The summed E-state index contributed by atoms with van der Waals surface area (Å²) in [5.41, 5.74) is 0.440. The van der Waals surface area contributed by atoms with Gasteiger partial charge in [0, 0.05) is 5.41 Å². The molecule has 0 N–H and O–H groups in total. The van der Waals surface area contributed by atoms with E-state index >= 15 is 0 Å². The summed E-state index contributed by atoms with van der Waals surface area (Å²) in [6.45, 7) is 8.80. The summed E-state index contributed by atoms with van der Waals surface area (Å²) in [4.78, 5) is 11.8. The van der Waals surface area contributed by atoms with Crippen LogP contribution in [0.3, 0.4) is 0 Å². The molecule has 0 saturated heterocycles. The number of hydrogen-bond donors (Lipinski definition) is 0. The van der Waals surface area contributed by atoms with Crippen molar-refractivity contribution in [1.29, 1.82) is 0 Å². The molecular weight excluding hydrogens is 196 g/mol. The van der Waals surface area contributed by atoms with Gasteiger partial charge in [0.2, 0.25) is 0 Å². The molecular formula is C15H26O. The van der Waals surface area contributed by atoms with Gasteiger partial charge in [-0.3, -0.25) is 4.79 Å². The molecule has 0 spiro atoms. The number of carbonyl (C=O) groups is 1. The van der Waals surface area contributed by atoms with Crippen LogP contribution in [0.4, 0.5) is 0 Å². The molecule has 2 saturated carbocycles. The molecule has 16 heavy (non-hydrogen) atoms. The molecule has 2 fully saturated rings. The zero-order valence-electron chi connectivity index (χ0n) is 11.3. The minimum Gasteiger partial charge on any atom is -0.299 e. The minimum absolute atomic E-state index is 0.0181. The largest absolute Gasteiger partial charge is 0.299 e. The van der Waals surface area contributed by atoms with Gasteiger partial charge in [0.15, 0.2) is 0 Å². The van der Waals surface area contributed by atoms with E-state index in [4.69, 9.17) is 0 Å². The Hall–Kier alpha value is -0.330. The highest BCUT2D eigenvalue weighted by Crippen LogP contribution is 2.55. The minimum atomic E-state index is -0.0181. The van der Waals surface area contributed by atoms with E-state index in [2.05, 4.69) is 20.8 Å². The zero-order chi connectivity index (χ0) is 12.0. The predicted molar refractivity (Wildman–Crippen MR) is 67.3 cm³/mol. The molecule has 0 aromatic carbocycles. The quantitative estimate of drug-likeness (QED) is 0.649. The molecule has 0 bridgehead atoms. The van der Waals surface area contributed by atoms with Crippen LogP contribution < -0.4 is 0 Å². The van der Waals surface area contributed by atoms with Gasteiger partial charge in [-0.25, -0.2) is 0 Å². The van der Waals surface area contributed by atoms with E-state index in [1.807, 2.05) is 0 Å². The summed E-state index contributed by atoms with van der Waals surface area (Å²) >= 11 is 0. The number of carbonyl (C=O) groups excluding carboxylic acids is 1. The van der Waals surface area contributed by atoms with E-state index in [0.717, 1.165) is 24.7 Å². The van der Waals surface area contributed by atoms with E-state index in [9.17, 15) is 4.79 Å². The molecule has 0 heterocycles. The summed E-state index contributed by atoms with van der Waals surface area (Å²) in [5.74, 6) is 2.09. The van der Waals surface area contributed by atoms with Crippen LogP contribution in [0.2, 0.25) is 0 Å². The Bertz CT molecular complexity index is 292. The van der Waals surface area contributed by atoms with Crippen molar-refractivity contribution >= 4 is 5.78 Å². The number of rotatable bonds is 1. The van der Waals surface area contributed by atoms with Crippen LogP contribution in [0, 0.1) is 22.7 Å². The van der Waals surface area contributed by atoms with Crippen molar-refractivity contribution in [2.45, 2.75) is 66.2 Å². The first-order chi connectivity index (χ1) is 7.35. The van der Waals surface area contributed by atoms with Crippen LogP contribution in [0.1, 0.15) is 66.2 Å². The monoisotopic (exact) mass is 222 g/mol. The highest BCUT2D eigenvalue weighted by atomic mass is 16.1. The van der Waals surface area contributed by atoms with E-state index in [1.165, 1.54) is 25.7 Å². The molecule has 0 aromatic heterocycles. The van der Waals surface area contributed by atoms with Gasteiger partial charge in [-0.15, -0.1) is 0 Å². The van der Waals surface area contributed by atoms with E-state index in [1.54, 1.807) is 6.92 Å². The Labute approximate surface area is 100.0 Å². The second-order valence-corrected chi connectivity index (χ2v) is 7.11. The van der Waals surface area contributed by atoms with E-state index in [0.29, 0.717) is 11.2 Å². The molecule has 2 rings (SSSR count). The molecule has 92 valence electrons. The Morgan fingerprint density at radius 2 is 1.81 bits per heavy atom. The third kappa shape index (κ3) is 1.94. The second kappa shape index (κ2) is 3.85. The summed E-state index contributed by atoms with van der Waals surface area (Å²) in [7, 11) is 0. The molecule has 2 aliphatic rings. The Kier molecular flexibility index (Phi) is 2.92. The molecule has 2 aliphatic carbocycles. The highest BCUT2D eigenvalue weighted by Gasteiger charge is 2.47. The highest BCUT2D eigenvalue weighted by molar-refractivity contribution is 5.82. The normalized spacial score (nSPS) is 42.5. The standard InChI is InChI=1S/C15H26O/c1-11(16)15(4)9-7-12-6-5-8-14(2,3)13(12)10-15/h12-13H,5-10H2,1-4H3/t12-,13+,15-/m0/s1. The summed E-state index contributed by atoms with van der Waals surface area (Å²) < 4.78 is 0. The first kappa shape index (κ1) is 12.1. The number of Topliss-reactive ketones (excluding diaryl/α,β-unsaturated/α-hetero) is 1. The van der Waals surface area contributed by atoms with Gasteiger partial charge in [0.1, 0.15) is 5.78 Å². The van der Waals surface area contributed by atoms with Gasteiger partial charge < -0.3 is 0 Å². The fourth-order valence-electron chi connectivity index (χ4n) is 4.04. The average molecular weight is 222 g/mol. The van der Waals surface area contributed by atoms with Gasteiger partial charge in [-0.1, -0.05) is 33.6 Å². The first-order valence-electron chi connectivity index (χ1n) is 6.86. The summed E-state index contributed by atoms with van der Waals surface area (Å²) in [6, 6.07) is 0. The first-order valence-corrected chi connectivity index (χ1v) is 6.86. The van der Waals surface area contributed by atoms with Gasteiger partial charge in [-0.2, -0.15) is 0 Å². The lowest BCUT2D eigenvalue weighted by atomic mass is 9.53. The predicted octanol–water partition coefficient (Wildman–Crippen LogP) is 4.21. The maximum Gasteiger partial charge on any atom is 0.135 e. The maximum atomic E-state index is 11.8. The molecule has 0 aliphatic heterocycles. The molecule has 1 nitrogen and oxygen atoms in total. The van der Waals surface area contributed by atoms with Crippen molar-refractivity contribution in [3.8, 4) is 0 Å². The van der Waals surface area contributed by atoms with Crippen LogP contribution in [-0.2, 0) is 4.79 Å². The molecule has 0 aromatic rings. The molecule has 0 amide bonds. The third-order valence-electron chi connectivity index (χ3n) is 5.56. The van der Waals surface area contributed by atoms with Crippen LogP contribution in [0.5, 0.6) is 0 Å². The fraction of sp³-hybridized carbons (Fsp3) is 0.933. The van der Waals surface area contributed by atoms with Crippen molar-refractivity contribution in [3.63, 3.8) is 0 Å². The van der Waals surface area contributed by atoms with Crippen molar-refractivity contribution in [2.24, 2.45) is 22.7 Å². The Morgan fingerprint density at radius 1 is 1.12 bits per heavy atom. The van der Waals surface area contributed by atoms with Gasteiger partial charge >= 0.3 is 0 Å². The topological polar surface area (TPSA) is 17.1 Å². The summed E-state index contributed by atoms with van der Waals surface area (Å²) in [6.07, 6.45) is 7.69. The second-order valence-electron chi connectivity index (χ2n) is 7.11. The number of fused-ring (bicyclic) bond motifs is 1. The fourth-order valence-corrected chi connectivity index (χ4v) is 4.04. The smallest absolute Gasteiger partial charge is 0.135 e. The lowest BCUT2D eigenvalue weighted by Gasteiger charge is -2.51. The SMILES string of the molecule is CC(=O)[C@@]1(C)CC[C@@H]2CCCC(C)(C)[C@@H]2C1. The lowest BCUT2D eigenvalue weighted by molar-refractivity contribution is -0.131. The van der Waals surface area contributed by atoms with E-state index in [-0.39, 0.29) is 5.41 Å². The molecule has 0 unspecified atom stereocenters. The molecule has 0 radical (unpaired) electrons. The Morgan fingerprint density at radius 3 is 2.44 bits per heavy atom. The van der Waals surface area contributed by atoms with Crippen molar-refractivity contribution in [1.82, 2.24) is 0 Å². The van der Waals surface area contributed by atoms with Crippen molar-refractivity contribution in [2.75, 3.05) is 0 Å². The van der Waals surface area contributed by atoms with Crippen molar-refractivity contribution < 1.29 is 4.79 Å². The van der Waals surface area contributed by atoms with E-state index < -0.39 is 0 Å². The zero-order valence-corrected chi connectivity index (χ0v) is 11.3. The lowest BCUT2D eigenvalue weighted by Crippen LogP contribution is -2.44. The van der Waals surface area contributed by atoms with Gasteiger partial charge in [0.25, 0.3) is 0 Å². The third-order valence-corrected chi connectivity index (χ3v) is 5.56. The summed E-state index contributed by atoms with van der Waals surface area (Å²) in [5, 5.41) is 0. The molecule has 3 atom stereocenters. The van der Waals surface area contributed by atoms with Gasteiger partial charge in [0.05, 0.1) is 0 Å². The average Bonchev–Trinajstić information content (AvgIpc) is 2.19. The number of ketones is 1. The Balaban J connectivity index is 2.19. The molecule has 1 heteroatoms. The van der Waals surface area contributed by atoms with Crippen LogP contribution in [-0.4, -0.2) is 5.78 Å².